The number of fused-ring (bicyclic) bond motifs is 14. The van der Waals surface area contributed by atoms with E-state index < -0.39 is 0 Å². The van der Waals surface area contributed by atoms with Gasteiger partial charge in [0.2, 0.25) is 0 Å². The van der Waals surface area contributed by atoms with Gasteiger partial charge in [-0.3, -0.25) is 0 Å². The smallest absolute Gasteiger partial charge is 0.0485 e. The predicted octanol–water partition coefficient (Wildman–Crippen LogP) is 8.08. The van der Waals surface area contributed by atoms with Crippen LogP contribution in [0.15, 0.2) is 133 Å². The highest BCUT2D eigenvalue weighted by Gasteiger charge is 2.36. The number of rotatable bonds is 2. The van der Waals surface area contributed by atoms with Gasteiger partial charge in [0, 0.05) is 66.1 Å². The summed E-state index contributed by atoms with van der Waals surface area (Å²) in [7, 11) is 0. The average Bonchev–Trinajstić information content (AvgIpc) is 4.05. The average molecular weight is 697 g/mol. The van der Waals surface area contributed by atoms with E-state index in [1.54, 1.807) is 0 Å². The first-order chi connectivity index (χ1) is 26.2. The Bertz CT molecular complexity index is 2900. The number of nitrogens with one attached hydrogen (secondary N) is 4. The number of hydrogen-bond acceptors (Lipinski definition) is 0. The molecule has 0 saturated heterocycles. The van der Waals surface area contributed by atoms with Crippen LogP contribution in [0, 0.1) is 0 Å². The van der Waals surface area contributed by atoms with Crippen LogP contribution in [0.4, 0.5) is 0 Å². The molecule has 2 aliphatic carbocycles. The van der Waals surface area contributed by atoms with Crippen molar-refractivity contribution in [1.29, 1.82) is 0 Å². The molecule has 4 N–H and O–H groups in total. The zero-order valence-electron chi connectivity index (χ0n) is 30.9. The first-order valence-corrected chi connectivity index (χ1v) is 18.9. The molecule has 0 radical (unpaired) electrons. The van der Waals surface area contributed by atoms with Gasteiger partial charge in [-0.2, -0.15) is 0 Å². The van der Waals surface area contributed by atoms with E-state index in [0.29, 0.717) is 0 Å². The van der Waals surface area contributed by atoms with Crippen molar-refractivity contribution in [3.8, 4) is 22.3 Å². The molecule has 11 rings (SSSR count). The lowest BCUT2D eigenvalue weighted by Crippen LogP contribution is -2.17. The highest BCUT2D eigenvalue weighted by molar-refractivity contribution is 5.87. The quantitative estimate of drug-likeness (QED) is 0.141. The Morgan fingerprint density at radius 2 is 0.796 bits per heavy atom. The number of aromatic nitrogens is 4. The number of hydrogen-bond donors (Lipinski definition) is 4. The van der Waals surface area contributed by atoms with Gasteiger partial charge >= 0.3 is 0 Å². The van der Waals surface area contributed by atoms with Crippen molar-refractivity contribution in [3.63, 3.8) is 0 Å². The Kier molecular flexibility index (Phi) is 6.33. The van der Waals surface area contributed by atoms with Crippen molar-refractivity contribution in [2.75, 3.05) is 0 Å². The van der Waals surface area contributed by atoms with E-state index >= 15 is 0 Å². The second kappa shape index (κ2) is 11.0. The maximum absolute atomic E-state index is 3.78. The molecular weight excluding hydrogens is 657 g/mol. The van der Waals surface area contributed by atoms with E-state index in [0.717, 1.165) is 55.3 Å². The zero-order chi connectivity index (χ0) is 36.3. The molecule has 0 amide bonds. The SMILES string of the molecule is CC1(C)c2ccccc2-c2ccc(C3=c4ccc([nH]4)=Cc4ccc([nH]4)C(c4ccc5c(c4)C(C)(C)c4ccccc4-5)=c4ccc([nH]4)=Cc4ccc3[nH]4)cc21. The normalized spacial score (nSPS) is 15.6. The minimum atomic E-state index is -0.0856. The molecule has 4 heteroatoms. The van der Waals surface area contributed by atoms with Gasteiger partial charge in [0.15, 0.2) is 0 Å². The van der Waals surface area contributed by atoms with Crippen molar-refractivity contribution < 1.29 is 0 Å². The van der Waals surface area contributed by atoms with Crippen LogP contribution in [0.1, 0.15) is 83.9 Å². The fourth-order valence-corrected chi connectivity index (χ4v) is 9.53. The van der Waals surface area contributed by atoms with Gasteiger partial charge in [-0.05, 0) is 128 Å². The molecule has 54 heavy (non-hydrogen) atoms. The molecule has 8 aromatic rings. The summed E-state index contributed by atoms with van der Waals surface area (Å²) in [6.45, 7) is 9.38. The number of aromatic amines is 4. The van der Waals surface area contributed by atoms with E-state index in [-0.39, 0.29) is 10.8 Å². The lowest BCUT2D eigenvalue weighted by atomic mass is 9.81. The standard InChI is InChI=1S/C50H40N4/c1-49(2)39-11-7-5-9-35(39)37-19-13-29(25-41(37)49)47-43-21-15-31(51-43)27-33-17-23-45(53-33)48(46-24-18-34(54-46)28-32-16-22-44(47)52-32)30-14-20-38-36-10-6-8-12-40(36)50(3,4)42(38)26-30/h5-28,51-54H,1-4H3. The van der Waals surface area contributed by atoms with Crippen molar-refractivity contribution in [2.24, 2.45) is 0 Å². The van der Waals surface area contributed by atoms with Crippen LogP contribution < -0.4 is 21.4 Å². The summed E-state index contributed by atoms with van der Waals surface area (Å²) in [6.07, 6.45) is 4.40. The third-order valence-electron chi connectivity index (χ3n) is 12.3. The van der Waals surface area contributed by atoms with Crippen LogP contribution in [-0.4, -0.2) is 19.9 Å². The van der Waals surface area contributed by atoms with E-state index in [9.17, 15) is 0 Å². The fourth-order valence-electron chi connectivity index (χ4n) is 9.53. The van der Waals surface area contributed by atoms with Crippen molar-refractivity contribution >= 4 is 23.3 Å². The topological polar surface area (TPSA) is 63.2 Å². The molecule has 0 fully saturated rings. The summed E-state index contributed by atoms with van der Waals surface area (Å²) in [6, 6.07) is 49.2. The van der Waals surface area contributed by atoms with Crippen LogP contribution in [0.5, 0.6) is 0 Å². The summed E-state index contributed by atoms with van der Waals surface area (Å²) in [5.74, 6) is 0. The predicted molar refractivity (Wildman–Crippen MR) is 220 cm³/mol. The fraction of sp³-hybridized carbons (Fsp3) is 0.120. The molecule has 4 aromatic carbocycles. The third-order valence-corrected chi connectivity index (χ3v) is 12.3. The molecule has 0 spiro atoms. The maximum atomic E-state index is 3.78. The second-order valence-electron chi connectivity index (χ2n) is 16.2. The Balaban J connectivity index is 1.09. The van der Waals surface area contributed by atoms with Crippen LogP contribution >= 0.6 is 0 Å². The lowest BCUT2D eigenvalue weighted by molar-refractivity contribution is 0.660. The molecule has 5 heterocycles. The molecular formula is C50H40N4. The second-order valence-corrected chi connectivity index (χ2v) is 16.2. The van der Waals surface area contributed by atoms with Crippen LogP contribution in [0.2, 0.25) is 0 Å². The third kappa shape index (κ3) is 4.50. The number of H-pyrrole nitrogens is 4. The molecule has 3 aliphatic rings. The van der Waals surface area contributed by atoms with Crippen molar-refractivity contribution in [3.05, 3.63) is 211 Å². The Morgan fingerprint density at radius 3 is 1.26 bits per heavy atom. The van der Waals surface area contributed by atoms with Gasteiger partial charge in [0.1, 0.15) is 0 Å². The monoisotopic (exact) mass is 696 g/mol. The molecule has 1 aliphatic heterocycles. The van der Waals surface area contributed by atoms with Gasteiger partial charge in [0.05, 0.1) is 0 Å². The van der Waals surface area contributed by atoms with E-state index in [1.807, 2.05) is 0 Å². The first kappa shape index (κ1) is 31.0. The van der Waals surface area contributed by atoms with Gasteiger partial charge in [-0.25, -0.2) is 0 Å². The Morgan fingerprint density at radius 1 is 0.370 bits per heavy atom. The van der Waals surface area contributed by atoms with Crippen molar-refractivity contribution in [1.82, 2.24) is 19.9 Å². The number of benzene rings is 4. The maximum Gasteiger partial charge on any atom is 0.0485 e. The van der Waals surface area contributed by atoms with Crippen LogP contribution in [0.3, 0.4) is 0 Å². The lowest BCUT2D eigenvalue weighted by Gasteiger charge is -2.22. The summed E-state index contributed by atoms with van der Waals surface area (Å²) in [5, 5.41) is 4.21. The molecule has 4 aromatic heterocycles. The van der Waals surface area contributed by atoms with Gasteiger partial charge < -0.3 is 19.9 Å². The highest BCUT2D eigenvalue weighted by Crippen LogP contribution is 2.50. The Hall–Kier alpha value is -6.52. The minimum absolute atomic E-state index is 0.0856. The van der Waals surface area contributed by atoms with Gasteiger partial charge in [0.25, 0.3) is 0 Å². The molecule has 8 bridgehead atoms. The zero-order valence-corrected chi connectivity index (χ0v) is 30.9. The molecule has 0 saturated carbocycles. The molecule has 260 valence electrons. The molecule has 4 nitrogen and oxygen atoms in total. The van der Waals surface area contributed by atoms with Gasteiger partial charge in [-0.15, -0.1) is 0 Å². The van der Waals surface area contributed by atoms with E-state index in [1.165, 1.54) is 55.6 Å². The first-order valence-electron chi connectivity index (χ1n) is 18.9. The Labute approximate surface area is 314 Å². The largest absolute Gasteiger partial charge is 0.355 e. The summed E-state index contributed by atoms with van der Waals surface area (Å²) in [5.41, 5.74) is 19.5. The minimum Gasteiger partial charge on any atom is -0.355 e. The highest BCUT2D eigenvalue weighted by atomic mass is 14.8. The van der Waals surface area contributed by atoms with E-state index in [2.05, 4.69) is 193 Å². The van der Waals surface area contributed by atoms with E-state index in [4.69, 9.17) is 0 Å². The summed E-state index contributed by atoms with van der Waals surface area (Å²) < 4.78 is 0. The van der Waals surface area contributed by atoms with Crippen LogP contribution in [-0.2, 0) is 10.8 Å². The van der Waals surface area contributed by atoms with Crippen LogP contribution in [0.25, 0.3) is 45.6 Å². The molecule has 0 unspecified atom stereocenters. The van der Waals surface area contributed by atoms with Crippen molar-refractivity contribution in [2.45, 2.75) is 38.5 Å². The molecule has 0 atom stereocenters. The van der Waals surface area contributed by atoms with Gasteiger partial charge in [-0.1, -0.05) is 100 Å². The summed E-state index contributed by atoms with van der Waals surface area (Å²) >= 11 is 0. The summed E-state index contributed by atoms with van der Waals surface area (Å²) in [4.78, 5) is 15.1.